The van der Waals surface area contributed by atoms with E-state index in [1.165, 1.54) is 93.8 Å². The van der Waals surface area contributed by atoms with E-state index in [4.69, 9.17) is 4.74 Å². The van der Waals surface area contributed by atoms with E-state index in [2.05, 4.69) is 121 Å². The molecule has 0 saturated heterocycles. The van der Waals surface area contributed by atoms with Gasteiger partial charge in [-0.2, -0.15) is 0 Å². The summed E-state index contributed by atoms with van der Waals surface area (Å²) in [7, 11) is 0. The van der Waals surface area contributed by atoms with E-state index in [0.717, 1.165) is 44.1 Å². The molecule has 0 aromatic heterocycles. The van der Waals surface area contributed by atoms with Gasteiger partial charge in [-0.25, -0.2) is 0 Å². The van der Waals surface area contributed by atoms with Crippen LogP contribution in [0.25, 0.3) is 0 Å². The molecule has 0 radical (unpaired) electrons. The first-order chi connectivity index (χ1) is 23.3. The molecule has 0 bridgehead atoms. The first-order valence-corrected chi connectivity index (χ1v) is 19.4. The van der Waals surface area contributed by atoms with Gasteiger partial charge < -0.3 is 4.74 Å². The normalized spacial score (nSPS) is 16.4. The monoisotopic (exact) mass is 657 g/mol. The molecule has 0 spiro atoms. The molecule has 1 aliphatic carbocycles. The highest BCUT2D eigenvalue weighted by molar-refractivity contribution is 5.69. The topological polar surface area (TPSA) is 26.3 Å². The van der Waals surface area contributed by atoms with Gasteiger partial charge >= 0.3 is 5.97 Å². The Morgan fingerprint density at radius 2 is 1.29 bits per heavy atom. The van der Waals surface area contributed by atoms with E-state index >= 15 is 0 Å². The number of carbonyl (C=O) groups is 1. The Kier molecular flexibility index (Phi) is 26.1. The van der Waals surface area contributed by atoms with Crippen molar-refractivity contribution in [1.82, 2.24) is 0 Å². The summed E-state index contributed by atoms with van der Waals surface area (Å²) in [4.78, 5) is 12.1. The number of ether oxygens (including phenoxy) is 1. The van der Waals surface area contributed by atoms with Crippen molar-refractivity contribution >= 4 is 5.97 Å². The van der Waals surface area contributed by atoms with Crippen molar-refractivity contribution < 1.29 is 9.53 Å². The van der Waals surface area contributed by atoms with Gasteiger partial charge in [-0.15, -0.1) is 0 Å². The second-order valence-electron chi connectivity index (χ2n) is 14.2. The molecule has 268 valence electrons. The van der Waals surface area contributed by atoms with E-state index in [1.807, 2.05) is 6.08 Å². The van der Waals surface area contributed by atoms with Crippen molar-refractivity contribution in [3.8, 4) is 0 Å². The lowest BCUT2D eigenvalue weighted by molar-refractivity contribution is -0.142. The Balaban J connectivity index is 1.99. The highest BCUT2D eigenvalue weighted by atomic mass is 16.5. The molecule has 0 N–H and O–H groups in total. The van der Waals surface area contributed by atoms with Crippen LogP contribution in [0.3, 0.4) is 0 Å². The van der Waals surface area contributed by atoms with Crippen molar-refractivity contribution in [2.24, 2.45) is 5.41 Å². The Morgan fingerprint density at radius 3 is 1.90 bits per heavy atom. The molecular weight excluding hydrogens is 585 g/mol. The standard InChI is InChI=1S/C46H72O2/c1-7-8-9-10-11-12-13-14-15-16-17-18-19-20-21-22-23-24-25-26-27-28-29-35-45(47)48-40-38-42(3)33-30-32-41(2)36-37-44-43(4)34-31-39-46(44,5)6/h8-9,11-12,14-15,17-18,30,32-33,36-38H,7,10,13,16,19-29,31,34-35,39-40H2,1-6H3/b9-8-,12-11-,15-14-,18-17-,33-30+,37-36+,41-32+,42-38+. The Bertz CT molecular complexity index is 1130. The van der Waals surface area contributed by atoms with Gasteiger partial charge in [0.2, 0.25) is 0 Å². The molecule has 0 atom stereocenters. The second kappa shape index (κ2) is 29.1. The third-order valence-corrected chi connectivity index (χ3v) is 9.14. The van der Waals surface area contributed by atoms with Crippen LogP contribution in [0.15, 0.2) is 107 Å². The fraction of sp³-hybridized carbons (Fsp3) is 0.587. The summed E-state index contributed by atoms with van der Waals surface area (Å²) in [5.74, 6) is -0.0792. The van der Waals surface area contributed by atoms with Crippen molar-refractivity contribution in [3.63, 3.8) is 0 Å². The molecule has 0 aliphatic heterocycles. The summed E-state index contributed by atoms with van der Waals surface area (Å²) in [6.45, 7) is 13.7. The largest absolute Gasteiger partial charge is 0.461 e. The number of esters is 1. The molecule has 0 unspecified atom stereocenters. The van der Waals surface area contributed by atoms with Crippen molar-refractivity contribution in [2.75, 3.05) is 6.61 Å². The number of allylic oxidation sites excluding steroid dienone is 17. The number of carbonyl (C=O) groups excluding carboxylic acids is 1. The highest BCUT2D eigenvalue weighted by Crippen LogP contribution is 2.40. The quantitative estimate of drug-likeness (QED) is 0.0401. The number of hydrogen-bond acceptors (Lipinski definition) is 2. The van der Waals surface area contributed by atoms with E-state index < -0.39 is 0 Å². The zero-order chi connectivity index (χ0) is 35.1. The molecule has 0 amide bonds. The lowest BCUT2D eigenvalue weighted by atomic mass is 9.72. The molecule has 48 heavy (non-hydrogen) atoms. The van der Waals surface area contributed by atoms with Gasteiger partial charge in [0.15, 0.2) is 0 Å². The minimum Gasteiger partial charge on any atom is -0.461 e. The minimum absolute atomic E-state index is 0.0792. The van der Waals surface area contributed by atoms with Crippen LogP contribution in [0, 0.1) is 5.41 Å². The summed E-state index contributed by atoms with van der Waals surface area (Å²) in [5.41, 5.74) is 5.63. The molecular formula is C46H72O2. The van der Waals surface area contributed by atoms with Crippen LogP contribution in [0.1, 0.15) is 164 Å². The van der Waals surface area contributed by atoms with Crippen LogP contribution < -0.4 is 0 Å². The van der Waals surface area contributed by atoms with Crippen LogP contribution in [-0.2, 0) is 9.53 Å². The smallest absolute Gasteiger partial charge is 0.306 e. The average Bonchev–Trinajstić information content (AvgIpc) is 3.04. The lowest BCUT2D eigenvalue weighted by Crippen LogP contribution is -2.19. The third kappa shape index (κ3) is 24.3. The average molecular weight is 657 g/mol. The van der Waals surface area contributed by atoms with E-state index in [0.29, 0.717) is 13.0 Å². The zero-order valence-electron chi connectivity index (χ0n) is 32.0. The first kappa shape index (κ1) is 43.2. The van der Waals surface area contributed by atoms with Gasteiger partial charge in [0, 0.05) is 6.42 Å². The Hall–Kier alpha value is -2.87. The Morgan fingerprint density at radius 1 is 0.729 bits per heavy atom. The minimum atomic E-state index is -0.0792. The number of unbranched alkanes of at least 4 members (excludes halogenated alkanes) is 10. The van der Waals surface area contributed by atoms with Crippen molar-refractivity contribution in [3.05, 3.63) is 107 Å². The van der Waals surface area contributed by atoms with Crippen LogP contribution in [0.2, 0.25) is 0 Å². The molecule has 0 aromatic carbocycles. The van der Waals surface area contributed by atoms with Crippen LogP contribution in [-0.4, -0.2) is 12.6 Å². The van der Waals surface area contributed by atoms with E-state index in [-0.39, 0.29) is 11.4 Å². The fourth-order valence-electron chi connectivity index (χ4n) is 6.08. The maximum atomic E-state index is 12.1. The van der Waals surface area contributed by atoms with Gasteiger partial charge in [0.25, 0.3) is 0 Å². The van der Waals surface area contributed by atoms with Crippen LogP contribution >= 0.6 is 0 Å². The summed E-state index contributed by atoms with van der Waals surface area (Å²) in [6, 6.07) is 0. The molecule has 0 aromatic rings. The summed E-state index contributed by atoms with van der Waals surface area (Å²) < 4.78 is 5.43. The lowest BCUT2D eigenvalue weighted by Gasteiger charge is -2.32. The highest BCUT2D eigenvalue weighted by Gasteiger charge is 2.26. The van der Waals surface area contributed by atoms with Crippen LogP contribution in [0.5, 0.6) is 0 Å². The first-order valence-electron chi connectivity index (χ1n) is 19.4. The van der Waals surface area contributed by atoms with Gasteiger partial charge in [-0.1, -0.05) is 168 Å². The maximum Gasteiger partial charge on any atom is 0.306 e. The summed E-state index contributed by atoms with van der Waals surface area (Å²) in [5, 5.41) is 0. The molecule has 2 nitrogen and oxygen atoms in total. The van der Waals surface area contributed by atoms with Gasteiger partial charge in [-0.05, 0) is 102 Å². The zero-order valence-corrected chi connectivity index (χ0v) is 32.0. The van der Waals surface area contributed by atoms with E-state index in [9.17, 15) is 4.79 Å². The van der Waals surface area contributed by atoms with Gasteiger partial charge in [0.1, 0.15) is 6.61 Å². The third-order valence-electron chi connectivity index (χ3n) is 9.14. The van der Waals surface area contributed by atoms with Crippen molar-refractivity contribution in [2.45, 2.75) is 164 Å². The number of hydrogen-bond donors (Lipinski definition) is 0. The van der Waals surface area contributed by atoms with E-state index in [1.54, 1.807) is 0 Å². The predicted molar refractivity (Wildman–Crippen MR) is 213 cm³/mol. The predicted octanol–water partition coefficient (Wildman–Crippen LogP) is 14.5. The Labute approximate surface area is 297 Å². The second-order valence-corrected chi connectivity index (χ2v) is 14.2. The SMILES string of the molecule is CC/C=C\C/C=C\C/C=C\C/C=C\CCCCCCCCCCCCC(=O)OC/C=C(C)/C=C/C=C(C)/C=C/C1=C(C)CCCC1(C)C. The molecule has 0 heterocycles. The molecule has 0 saturated carbocycles. The molecule has 0 fully saturated rings. The number of rotatable bonds is 26. The van der Waals surface area contributed by atoms with Crippen LogP contribution in [0.4, 0.5) is 0 Å². The molecule has 2 heteroatoms. The summed E-state index contributed by atoms with van der Waals surface area (Å²) >= 11 is 0. The van der Waals surface area contributed by atoms with Gasteiger partial charge in [-0.3, -0.25) is 4.79 Å². The summed E-state index contributed by atoms with van der Waals surface area (Å²) in [6.07, 6.45) is 53.3. The van der Waals surface area contributed by atoms with Gasteiger partial charge in [0.05, 0.1) is 0 Å². The molecule has 1 aliphatic rings. The fourth-order valence-corrected chi connectivity index (χ4v) is 6.08. The molecule has 1 rings (SSSR count). The maximum absolute atomic E-state index is 12.1. The van der Waals surface area contributed by atoms with Crippen molar-refractivity contribution in [1.29, 1.82) is 0 Å².